The Morgan fingerprint density at radius 2 is 2.11 bits per heavy atom. The molecule has 6 nitrogen and oxygen atoms in total. The second-order valence-corrected chi connectivity index (χ2v) is 6.90. The minimum atomic E-state index is 0.631. The number of benzene rings is 1. The predicted octanol–water partition coefficient (Wildman–Crippen LogP) is 2.75. The van der Waals surface area contributed by atoms with Crippen LogP contribution in [0.1, 0.15) is 32.8 Å². The van der Waals surface area contributed by atoms with Gasteiger partial charge in [0, 0.05) is 38.1 Å². The molecule has 0 saturated carbocycles. The van der Waals surface area contributed by atoms with Crippen molar-refractivity contribution in [2.75, 3.05) is 32.7 Å². The van der Waals surface area contributed by atoms with Crippen LogP contribution in [0.5, 0.6) is 0 Å². The van der Waals surface area contributed by atoms with E-state index in [2.05, 4.69) is 65.3 Å². The normalized spacial score (nSPS) is 17.7. The quantitative estimate of drug-likeness (QED) is 0.603. The molecule has 0 spiro atoms. The van der Waals surface area contributed by atoms with Crippen molar-refractivity contribution in [3.63, 3.8) is 0 Å². The van der Waals surface area contributed by atoms with Gasteiger partial charge in [0.1, 0.15) is 0 Å². The van der Waals surface area contributed by atoms with Crippen LogP contribution in [0, 0.1) is 0 Å². The lowest BCUT2D eigenvalue weighted by atomic mass is 10.2. The van der Waals surface area contributed by atoms with Crippen molar-refractivity contribution in [3.05, 3.63) is 48.3 Å². The lowest BCUT2D eigenvalue weighted by molar-refractivity contribution is 0.223. The summed E-state index contributed by atoms with van der Waals surface area (Å²) in [5.41, 5.74) is 2.26. The van der Waals surface area contributed by atoms with Gasteiger partial charge in [0.15, 0.2) is 5.96 Å². The van der Waals surface area contributed by atoms with Gasteiger partial charge in [0.2, 0.25) is 0 Å². The van der Waals surface area contributed by atoms with E-state index < -0.39 is 0 Å². The molecule has 146 valence electrons. The molecule has 0 aliphatic carbocycles. The predicted molar refractivity (Wildman–Crippen MR) is 111 cm³/mol. The van der Waals surface area contributed by atoms with E-state index in [-0.39, 0.29) is 0 Å². The average Bonchev–Trinajstić information content (AvgIpc) is 3.39. The van der Waals surface area contributed by atoms with Crippen molar-refractivity contribution >= 4 is 5.96 Å². The Bertz CT molecular complexity index is 720. The van der Waals surface area contributed by atoms with Crippen LogP contribution < -0.4 is 5.32 Å². The number of likely N-dealkylation sites (tertiary alicyclic amines) is 1. The summed E-state index contributed by atoms with van der Waals surface area (Å²) in [6.07, 6.45) is 4.97. The molecule has 2 aromatic rings. The van der Waals surface area contributed by atoms with Gasteiger partial charge < -0.3 is 10.2 Å². The first-order valence-corrected chi connectivity index (χ1v) is 10.1. The first kappa shape index (κ1) is 19.4. The Morgan fingerprint density at radius 1 is 1.26 bits per heavy atom. The lowest BCUT2D eigenvalue weighted by Gasteiger charge is -2.27. The molecule has 1 aliphatic heterocycles. The zero-order valence-corrected chi connectivity index (χ0v) is 16.8. The summed E-state index contributed by atoms with van der Waals surface area (Å²) < 4.78 is 1.88. The molecule has 1 aliphatic rings. The maximum absolute atomic E-state index is 4.92. The highest BCUT2D eigenvalue weighted by Gasteiger charge is 2.27. The average molecular weight is 369 g/mol. The SMILES string of the molecule is CCNC(=NCc1cccc(-n2cccn2)c1)N1CCC(N(CC)CC)C1. The van der Waals surface area contributed by atoms with Gasteiger partial charge in [-0.25, -0.2) is 9.67 Å². The van der Waals surface area contributed by atoms with Gasteiger partial charge in [0.05, 0.1) is 12.2 Å². The number of hydrogen-bond donors (Lipinski definition) is 1. The van der Waals surface area contributed by atoms with Crippen LogP contribution >= 0.6 is 0 Å². The third kappa shape index (κ3) is 4.89. The van der Waals surface area contributed by atoms with Crippen LogP contribution in [0.25, 0.3) is 5.69 Å². The van der Waals surface area contributed by atoms with Crippen LogP contribution in [-0.2, 0) is 6.54 Å². The van der Waals surface area contributed by atoms with E-state index in [1.807, 2.05) is 16.9 Å². The summed E-state index contributed by atoms with van der Waals surface area (Å²) in [5, 5.41) is 7.78. The Morgan fingerprint density at radius 3 is 2.81 bits per heavy atom. The number of guanidine groups is 1. The summed E-state index contributed by atoms with van der Waals surface area (Å²) in [6, 6.07) is 11.0. The lowest BCUT2D eigenvalue weighted by Crippen LogP contribution is -2.43. The molecule has 27 heavy (non-hydrogen) atoms. The highest BCUT2D eigenvalue weighted by atomic mass is 15.3. The maximum atomic E-state index is 4.92. The first-order chi connectivity index (χ1) is 13.2. The molecule has 1 N–H and O–H groups in total. The molecule has 1 unspecified atom stereocenters. The molecule has 1 aromatic heterocycles. The van der Waals surface area contributed by atoms with Gasteiger partial charge in [-0.3, -0.25) is 4.90 Å². The van der Waals surface area contributed by atoms with Gasteiger partial charge >= 0.3 is 0 Å². The van der Waals surface area contributed by atoms with E-state index in [1.54, 1.807) is 6.20 Å². The Hall–Kier alpha value is -2.34. The van der Waals surface area contributed by atoms with Gasteiger partial charge in [-0.15, -0.1) is 0 Å². The minimum Gasteiger partial charge on any atom is -0.357 e. The molecular weight excluding hydrogens is 336 g/mol. The van der Waals surface area contributed by atoms with Crippen LogP contribution in [0.3, 0.4) is 0 Å². The van der Waals surface area contributed by atoms with Gasteiger partial charge in [-0.1, -0.05) is 26.0 Å². The topological polar surface area (TPSA) is 48.7 Å². The number of aliphatic imine (C=N–C) groups is 1. The highest BCUT2D eigenvalue weighted by molar-refractivity contribution is 5.80. The van der Waals surface area contributed by atoms with E-state index in [9.17, 15) is 0 Å². The Labute approximate surface area is 162 Å². The summed E-state index contributed by atoms with van der Waals surface area (Å²) in [5.74, 6) is 1.02. The number of hydrogen-bond acceptors (Lipinski definition) is 3. The molecule has 1 aromatic carbocycles. The monoisotopic (exact) mass is 368 g/mol. The maximum Gasteiger partial charge on any atom is 0.194 e. The third-order valence-electron chi connectivity index (χ3n) is 5.22. The van der Waals surface area contributed by atoms with Crippen molar-refractivity contribution < 1.29 is 0 Å². The van der Waals surface area contributed by atoms with Crippen LogP contribution in [0.15, 0.2) is 47.7 Å². The first-order valence-electron chi connectivity index (χ1n) is 10.1. The Kier molecular flexibility index (Phi) is 6.87. The molecule has 1 saturated heterocycles. The second kappa shape index (κ2) is 9.55. The highest BCUT2D eigenvalue weighted by Crippen LogP contribution is 2.16. The number of nitrogens with one attached hydrogen (secondary N) is 1. The van der Waals surface area contributed by atoms with Crippen molar-refractivity contribution in [2.24, 2.45) is 4.99 Å². The van der Waals surface area contributed by atoms with Crippen molar-refractivity contribution in [1.82, 2.24) is 24.9 Å². The zero-order chi connectivity index (χ0) is 19.1. The molecule has 0 amide bonds. The fraction of sp³-hybridized carbons (Fsp3) is 0.524. The molecule has 1 fully saturated rings. The van der Waals surface area contributed by atoms with Crippen LogP contribution in [0.4, 0.5) is 0 Å². The van der Waals surface area contributed by atoms with E-state index in [0.29, 0.717) is 12.6 Å². The summed E-state index contributed by atoms with van der Waals surface area (Å²) >= 11 is 0. The Balaban J connectivity index is 1.69. The number of rotatable bonds is 7. The second-order valence-electron chi connectivity index (χ2n) is 6.90. The van der Waals surface area contributed by atoms with Crippen molar-refractivity contribution in [1.29, 1.82) is 0 Å². The van der Waals surface area contributed by atoms with Crippen LogP contribution in [-0.4, -0.2) is 64.3 Å². The van der Waals surface area contributed by atoms with E-state index in [1.165, 1.54) is 12.0 Å². The minimum absolute atomic E-state index is 0.631. The van der Waals surface area contributed by atoms with E-state index >= 15 is 0 Å². The van der Waals surface area contributed by atoms with Crippen molar-refractivity contribution in [2.45, 2.75) is 39.8 Å². The number of nitrogens with zero attached hydrogens (tertiary/aromatic N) is 5. The molecule has 0 radical (unpaired) electrons. The summed E-state index contributed by atoms with van der Waals surface area (Å²) in [6.45, 7) is 12.5. The molecule has 1 atom stereocenters. The summed E-state index contributed by atoms with van der Waals surface area (Å²) in [7, 11) is 0. The van der Waals surface area contributed by atoms with Crippen LogP contribution in [0.2, 0.25) is 0 Å². The van der Waals surface area contributed by atoms with Gasteiger partial charge in [-0.05, 0) is 50.2 Å². The zero-order valence-electron chi connectivity index (χ0n) is 16.8. The molecule has 2 heterocycles. The van der Waals surface area contributed by atoms with E-state index in [0.717, 1.165) is 44.4 Å². The third-order valence-corrected chi connectivity index (χ3v) is 5.22. The molecule has 3 rings (SSSR count). The largest absolute Gasteiger partial charge is 0.357 e. The summed E-state index contributed by atoms with van der Waals surface area (Å²) in [4.78, 5) is 9.88. The van der Waals surface area contributed by atoms with Crippen molar-refractivity contribution in [3.8, 4) is 5.69 Å². The fourth-order valence-electron chi connectivity index (χ4n) is 3.78. The number of aromatic nitrogens is 2. The molecule has 0 bridgehead atoms. The standard InChI is InChI=1S/C21H32N6/c1-4-22-21(26-14-11-20(17-26)25(5-2)6-3)23-16-18-9-7-10-19(15-18)27-13-8-12-24-27/h7-10,12-13,15,20H,4-6,11,14,16-17H2,1-3H3,(H,22,23). The van der Waals surface area contributed by atoms with E-state index in [4.69, 9.17) is 4.99 Å². The number of likely N-dealkylation sites (N-methyl/N-ethyl adjacent to an activating group) is 1. The van der Waals surface area contributed by atoms with Gasteiger partial charge in [-0.2, -0.15) is 5.10 Å². The fourth-order valence-corrected chi connectivity index (χ4v) is 3.78. The smallest absolute Gasteiger partial charge is 0.194 e. The molecule has 6 heteroatoms. The van der Waals surface area contributed by atoms with Gasteiger partial charge in [0.25, 0.3) is 0 Å². The molecular formula is C21H32N6.